The number of methoxy groups -OCH3 is 1. The third-order valence-corrected chi connectivity index (χ3v) is 3.71. The molecule has 1 aromatic heterocycles. The molecule has 0 aliphatic heterocycles. The smallest absolute Gasteiger partial charge is 0.319 e. The van der Waals surface area contributed by atoms with Crippen molar-refractivity contribution in [1.29, 1.82) is 0 Å². The molecule has 2 aromatic rings. The normalized spacial score (nSPS) is 10.2. The largest absolute Gasteiger partial charge is 0.495 e. The van der Waals surface area contributed by atoms with Crippen molar-refractivity contribution in [2.24, 2.45) is 0 Å². The van der Waals surface area contributed by atoms with Gasteiger partial charge in [-0.3, -0.25) is 0 Å². The predicted octanol–water partition coefficient (Wildman–Crippen LogP) is 3.44. The molecule has 0 spiro atoms. The Balaban J connectivity index is 1.89. The summed E-state index contributed by atoms with van der Waals surface area (Å²) in [6, 6.07) is 4.76. The van der Waals surface area contributed by atoms with Crippen molar-refractivity contribution >= 4 is 34.7 Å². The Morgan fingerprint density at radius 1 is 1.50 bits per heavy atom. The van der Waals surface area contributed by atoms with Crippen LogP contribution in [0.1, 0.15) is 9.88 Å². The molecule has 0 bridgehead atoms. The maximum Gasteiger partial charge on any atom is 0.319 e. The summed E-state index contributed by atoms with van der Waals surface area (Å²) in [5.41, 5.74) is 0.605. The SMILES string of the molecule is COc1ccc(NC(=O)NCc2cnc(C)s2)cc1Cl. The third kappa shape index (κ3) is 3.85. The second kappa shape index (κ2) is 6.58. The number of thiazole rings is 1. The van der Waals surface area contributed by atoms with Gasteiger partial charge in [-0.15, -0.1) is 11.3 Å². The number of amides is 2. The number of carbonyl (C=O) groups is 1. The fourth-order valence-electron chi connectivity index (χ4n) is 1.57. The molecule has 0 saturated heterocycles. The number of halogens is 1. The van der Waals surface area contributed by atoms with Gasteiger partial charge in [-0.05, 0) is 25.1 Å². The Hall–Kier alpha value is -1.79. The summed E-state index contributed by atoms with van der Waals surface area (Å²) < 4.78 is 5.05. The molecule has 0 unspecified atom stereocenters. The lowest BCUT2D eigenvalue weighted by Crippen LogP contribution is -2.27. The monoisotopic (exact) mass is 311 g/mol. The summed E-state index contributed by atoms with van der Waals surface area (Å²) in [5.74, 6) is 0.567. The van der Waals surface area contributed by atoms with Crippen LogP contribution in [0.3, 0.4) is 0 Å². The van der Waals surface area contributed by atoms with Crippen LogP contribution in [-0.2, 0) is 6.54 Å². The van der Waals surface area contributed by atoms with Gasteiger partial charge in [-0.2, -0.15) is 0 Å². The van der Waals surface area contributed by atoms with Gasteiger partial charge in [0.05, 0.1) is 23.7 Å². The van der Waals surface area contributed by atoms with Crippen molar-refractivity contribution in [3.8, 4) is 5.75 Å². The van der Waals surface area contributed by atoms with Crippen LogP contribution in [-0.4, -0.2) is 18.1 Å². The first kappa shape index (κ1) is 14.6. The number of urea groups is 1. The van der Waals surface area contributed by atoms with E-state index in [0.717, 1.165) is 9.88 Å². The topological polar surface area (TPSA) is 63.2 Å². The maximum atomic E-state index is 11.7. The lowest BCUT2D eigenvalue weighted by atomic mass is 10.3. The van der Waals surface area contributed by atoms with Gasteiger partial charge in [0.25, 0.3) is 0 Å². The van der Waals surface area contributed by atoms with E-state index in [1.54, 1.807) is 35.7 Å². The highest BCUT2D eigenvalue weighted by molar-refractivity contribution is 7.11. The average molecular weight is 312 g/mol. The fourth-order valence-corrected chi connectivity index (χ4v) is 2.57. The summed E-state index contributed by atoms with van der Waals surface area (Å²) in [7, 11) is 1.54. The molecule has 2 rings (SSSR count). The number of aromatic nitrogens is 1. The second-order valence-electron chi connectivity index (χ2n) is 4.00. The van der Waals surface area contributed by atoms with Crippen molar-refractivity contribution in [2.45, 2.75) is 13.5 Å². The molecule has 5 nitrogen and oxygen atoms in total. The van der Waals surface area contributed by atoms with Crippen LogP contribution in [0, 0.1) is 6.92 Å². The minimum Gasteiger partial charge on any atom is -0.495 e. The van der Waals surface area contributed by atoms with Gasteiger partial charge < -0.3 is 15.4 Å². The Morgan fingerprint density at radius 2 is 2.30 bits per heavy atom. The summed E-state index contributed by atoms with van der Waals surface area (Å²) in [6.07, 6.45) is 1.75. The minimum absolute atomic E-state index is 0.294. The van der Waals surface area contributed by atoms with E-state index in [1.807, 2.05) is 6.92 Å². The number of rotatable bonds is 4. The van der Waals surface area contributed by atoms with Crippen LogP contribution >= 0.6 is 22.9 Å². The molecule has 1 heterocycles. The molecule has 0 aliphatic carbocycles. The molecule has 2 N–H and O–H groups in total. The highest BCUT2D eigenvalue weighted by Crippen LogP contribution is 2.27. The number of ether oxygens (including phenoxy) is 1. The number of nitrogens with zero attached hydrogens (tertiary/aromatic N) is 1. The number of hydrogen-bond acceptors (Lipinski definition) is 4. The van der Waals surface area contributed by atoms with Gasteiger partial charge in [0.1, 0.15) is 5.75 Å². The molecule has 0 aliphatic rings. The number of benzene rings is 1. The highest BCUT2D eigenvalue weighted by Gasteiger charge is 2.06. The van der Waals surface area contributed by atoms with Crippen LogP contribution in [0.4, 0.5) is 10.5 Å². The van der Waals surface area contributed by atoms with Gasteiger partial charge in [-0.1, -0.05) is 11.6 Å². The zero-order valence-corrected chi connectivity index (χ0v) is 12.6. The first-order valence-electron chi connectivity index (χ1n) is 5.88. The molecule has 106 valence electrons. The Morgan fingerprint density at radius 3 is 2.90 bits per heavy atom. The fraction of sp³-hybridized carbons (Fsp3) is 0.231. The van der Waals surface area contributed by atoms with E-state index in [1.165, 1.54) is 7.11 Å². The van der Waals surface area contributed by atoms with Crippen LogP contribution in [0.25, 0.3) is 0 Å². The van der Waals surface area contributed by atoms with E-state index in [-0.39, 0.29) is 6.03 Å². The molecule has 20 heavy (non-hydrogen) atoms. The second-order valence-corrected chi connectivity index (χ2v) is 5.73. The number of anilines is 1. The number of hydrogen-bond donors (Lipinski definition) is 2. The van der Waals surface area contributed by atoms with Crippen molar-refractivity contribution in [3.63, 3.8) is 0 Å². The molecule has 2 amide bonds. The van der Waals surface area contributed by atoms with E-state index in [9.17, 15) is 4.79 Å². The summed E-state index contributed by atoms with van der Waals surface area (Å²) in [6.45, 7) is 2.37. The quantitative estimate of drug-likeness (QED) is 0.909. The lowest BCUT2D eigenvalue weighted by molar-refractivity contribution is 0.252. The van der Waals surface area contributed by atoms with Gasteiger partial charge in [-0.25, -0.2) is 9.78 Å². The van der Waals surface area contributed by atoms with Crippen molar-refractivity contribution in [1.82, 2.24) is 10.3 Å². The van der Waals surface area contributed by atoms with E-state index in [2.05, 4.69) is 15.6 Å². The molecule has 0 atom stereocenters. The maximum absolute atomic E-state index is 11.7. The Labute approximate surface area is 125 Å². The molecule has 7 heteroatoms. The van der Waals surface area contributed by atoms with E-state index < -0.39 is 0 Å². The third-order valence-electron chi connectivity index (χ3n) is 2.50. The first-order chi connectivity index (χ1) is 9.58. The van der Waals surface area contributed by atoms with Gasteiger partial charge >= 0.3 is 6.03 Å². The summed E-state index contributed by atoms with van der Waals surface area (Å²) in [4.78, 5) is 16.9. The van der Waals surface area contributed by atoms with Crippen LogP contribution in [0.15, 0.2) is 24.4 Å². The predicted molar refractivity (Wildman–Crippen MR) is 80.7 cm³/mol. The Kier molecular flexibility index (Phi) is 4.81. The Bertz CT molecular complexity index is 615. The molecule has 0 saturated carbocycles. The lowest BCUT2D eigenvalue weighted by Gasteiger charge is -2.08. The number of aryl methyl sites for hydroxylation is 1. The highest BCUT2D eigenvalue weighted by atomic mass is 35.5. The van der Waals surface area contributed by atoms with Crippen molar-refractivity contribution in [3.05, 3.63) is 39.3 Å². The molecule has 1 aromatic carbocycles. The average Bonchev–Trinajstić information content (AvgIpc) is 2.82. The van der Waals surface area contributed by atoms with Crippen LogP contribution in [0.2, 0.25) is 5.02 Å². The number of nitrogens with one attached hydrogen (secondary N) is 2. The summed E-state index contributed by atoms with van der Waals surface area (Å²) in [5, 5.41) is 6.88. The van der Waals surface area contributed by atoms with E-state index >= 15 is 0 Å². The molecular formula is C13H14ClN3O2S. The van der Waals surface area contributed by atoms with Crippen molar-refractivity contribution in [2.75, 3.05) is 12.4 Å². The molecule has 0 fully saturated rings. The van der Waals surface area contributed by atoms with E-state index in [4.69, 9.17) is 16.3 Å². The zero-order chi connectivity index (χ0) is 14.5. The first-order valence-corrected chi connectivity index (χ1v) is 7.07. The number of carbonyl (C=O) groups excluding carboxylic acids is 1. The van der Waals surface area contributed by atoms with Crippen LogP contribution in [0.5, 0.6) is 5.75 Å². The van der Waals surface area contributed by atoms with Gasteiger partial charge in [0, 0.05) is 16.8 Å². The molecule has 0 radical (unpaired) electrons. The molecular weight excluding hydrogens is 298 g/mol. The van der Waals surface area contributed by atoms with E-state index in [0.29, 0.717) is 23.0 Å². The standard InChI is InChI=1S/C13H14ClN3O2S/c1-8-15-6-10(20-8)7-16-13(18)17-9-3-4-12(19-2)11(14)5-9/h3-6H,7H2,1-2H3,(H2,16,17,18). The minimum atomic E-state index is -0.294. The zero-order valence-electron chi connectivity index (χ0n) is 11.1. The van der Waals surface area contributed by atoms with Gasteiger partial charge in [0.15, 0.2) is 0 Å². The van der Waals surface area contributed by atoms with Crippen molar-refractivity contribution < 1.29 is 9.53 Å². The van der Waals surface area contributed by atoms with Gasteiger partial charge in [0.2, 0.25) is 0 Å². The summed E-state index contributed by atoms with van der Waals surface area (Å²) >= 11 is 7.54. The van der Waals surface area contributed by atoms with Crippen LogP contribution < -0.4 is 15.4 Å².